The minimum absolute atomic E-state index is 0.0763. The highest BCUT2D eigenvalue weighted by atomic mass is 16.5. The van der Waals surface area contributed by atoms with E-state index in [2.05, 4.69) is 18.2 Å². The van der Waals surface area contributed by atoms with Gasteiger partial charge in [-0.05, 0) is 53.4 Å². The highest BCUT2D eigenvalue weighted by molar-refractivity contribution is 5.95. The first kappa shape index (κ1) is 19.7. The van der Waals surface area contributed by atoms with Gasteiger partial charge in [0, 0.05) is 23.1 Å². The zero-order valence-corrected chi connectivity index (χ0v) is 16.7. The molecule has 0 unspecified atom stereocenters. The molecule has 0 aliphatic heterocycles. The minimum Gasteiger partial charge on any atom is -0.489 e. The van der Waals surface area contributed by atoms with Crippen LogP contribution in [-0.2, 0) is 24.4 Å². The number of carboxylic acid groups (broad SMARTS) is 1. The molecule has 5 nitrogen and oxygen atoms in total. The van der Waals surface area contributed by atoms with E-state index in [9.17, 15) is 4.79 Å². The molecule has 0 aliphatic rings. The van der Waals surface area contributed by atoms with Gasteiger partial charge >= 0.3 is 5.97 Å². The summed E-state index contributed by atoms with van der Waals surface area (Å²) in [4.78, 5) is 11.1. The zero-order valence-electron chi connectivity index (χ0n) is 16.7. The maximum atomic E-state index is 11.1. The maximum absolute atomic E-state index is 11.1. The van der Waals surface area contributed by atoms with Crippen molar-refractivity contribution in [2.45, 2.75) is 26.5 Å². The van der Waals surface area contributed by atoms with Crippen LogP contribution < -0.4 is 10.5 Å². The quantitative estimate of drug-likeness (QED) is 0.451. The molecule has 0 aliphatic carbocycles. The first-order chi connectivity index (χ1) is 14.6. The van der Waals surface area contributed by atoms with Crippen molar-refractivity contribution >= 4 is 16.9 Å². The summed E-state index contributed by atoms with van der Waals surface area (Å²) in [6, 6.07) is 19.4. The van der Waals surface area contributed by atoms with Crippen molar-refractivity contribution in [1.29, 1.82) is 0 Å². The summed E-state index contributed by atoms with van der Waals surface area (Å²) in [6.07, 6.45) is 1.61. The smallest absolute Gasteiger partial charge is 0.307 e. The molecule has 4 rings (SSSR count). The third-order valence-electron chi connectivity index (χ3n) is 5.26. The Balaban J connectivity index is 1.73. The molecule has 0 saturated carbocycles. The molecule has 1 aromatic heterocycles. The maximum Gasteiger partial charge on any atom is 0.307 e. The van der Waals surface area contributed by atoms with E-state index >= 15 is 0 Å². The predicted octanol–water partition coefficient (Wildman–Crippen LogP) is 5.07. The molecule has 0 spiro atoms. The topological polar surface area (TPSA) is 85.7 Å². The van der Waals surface area contributed by atoms with Crippen molar-refractivity contribution in [3.05, 3.63) is 89.2 Å². The second kappa shape index (κ2) is 8.43. The van der Waals surface area contributed by atoms with E-state index in [-0.39, 0.29) is 6.42 Å². The molecule has 0 atom stereocenters. The van der Waals surface area contributed by atoms with Gasteiger partial charge in [0.1, 0.15) is 17.9 Å². The summed E-state index contributed by atoms with van der Waals surface area (Å²) >= 11 is 0. The van der Waals surface area contributed by atoms with Crippen LogP contribution in [0.3, 0.4) is 0 Å². The Morgan fingerprint density at radius 3 is 2.70 bits per heavy atom. The van der Waals surface area contributed by atoms with E-state index in [0.29, 0.717) is 24.5 Å². The second-order valence-corrected chi connectivity index (χ2v) is 7.25. The molecule has 1 heterocycles. The average molecular weight is 401 g/mol. The van der Waals surface area contributed by atoms with Crippen molar-refractivity contribution in [2.24, 2.45) is 5.73 Å². The molecule has 0 fully saturated rings. The average Bonchev–Trinajstić information content (AvgIpc) is 3.20. The molecule has 3 aromatic carbocycles. The number of para-hydroxylation sites is 1. The Morgan fingerprint density at radius 2 is 1.90 bits per heavy atom. The van der Waals surface area contributed by atoms with E-state index in [1.807, 2.05) is 37.3 Å². The fourth-order valence-electron chi connectivity index (χ4n) is 3.72. The first-order valence-corrected chi connectivity index (χ1v) is 9.78. The van der Waals surface area contributed by atoms with Crippen LogP contribution in [0, 0.1) is 6.92 Å². The Kier molecular flexibility index (Phi) is 5.55. The number of hydrogen-bond acceptors (Lipinski definition) is 4. The first-order valence-electron chi connectivity index (χ1n) is 9.78. The summed E-state index contributed by atoms with van der Waals surface area (Å²) in [5.41, 5.74) is 12.5. The van der Waals surface area contributed by atoms with Crippen molar-refractivity contribution in [3.63, 3.8) is 0 Å². The van der Waals surface area contributed by atoms with Gasteiger partial charge in [-0.25, -0.2) is 0 Å². The number of aliphatic carboxylic acids is 1. The van der Waals surface area contributed by atoms with Crippen LogP contribution in [0.5, 0.6) is 5.75 Å². The lowest BCUT2D eigenvalue weighted by Crippen LogP contribution is -2.05. The highest BCUT2D eigenvalue weighted by Gasteiger charge is 2.16. The number of hydrogen-bond donors (Lipinski definition) is 2. The van der Waals surface area contributed by atoms with Crippen LogP contribution in [-0.4, -0.2) is 11.1 Å². The summed E-state index contributed by atoms with van der Waals surface area (Å²) < 4.78 is 11.9. The van der Waals surface area contributed by atoms with Crippen LogP contribution in [0.4, 0.5) is 0 Å². The summed E-state index contributed by atoms with van der Waals surface area (Å²) in [6.45, 7) is 2.85. The second-order valence-electron chi connectivity index (χ2n) is 7.25. The molecule has 4 aromatic rings. The highest BCUT2D eigenvalue weighted by Crippen LogP contribution is 2.36. The molecule has 5 heteroatoms. The van der Waals surface area contributed by atoms with E-state index in [1.165, 1.54) is 0 Å². The van der Waals surface area contributed by atoms with E-state index in [4.69, 9.17) is 20.0 Å². The third kappa shape index (κ3) is 3.93. The van der Waals surface area contributed by atoms with Crippen LogP contribution >= 0.6 is 0 Å². The number of carboxylic acids is 1. The molecule has 3 N–H and O–H groups in total. The van der Waals surface area contributed by atoms with Crippen LogP contribution in [0.2, 0.25) is 0 Å². The minimum atomic E-state index is -0.885. The number of ether oxygens (including phenoxy) is 1. The van der Waals surface area contributed by atoms with Crippen LogP contribution in [0.15, 0.2) is 71.3 Å². The number of carbonyl (C=O) groups is 1. The van der Waals surface area contributed by atoms with Gasteiger partial charge in [0.15, 0.2) is 0 Å². The summed E-state index contributed by atoms with van der Waals surface area (Å²) in [7, 11) is 0. The van der Waals surface area contributed by atoms with E-state index < -0.39 is 5.97 Å². The van der Waals surface area contributed by atoms with Crippen LogP contribution in [0.1, 0.15) is 22.3 Å². The fraction of sp³-hybridized carbons (Fsp3) is 0.160. The van der Waals surface area contributed by atoms with Gasteiger partial charge in [0.25, 0.3) is 0 Å². The van der Waals surface area contributed by atoms with Crippen molar-refractivity contribution in [3.8, 4) is 16.9 Å². The molecule has 0 saturated heterocycles. The Labute approximate surface area is 174 Å². The third-order valence-corrected chi connectivity index (χ3v) is 5.26. The van der Waals surface area contributed by atoms with Gasteiger partial charge < -0.3 is 20.0 Å². The monoisotopic (exact) mass is 401 g/mol. The van der Waals surface area contributed by atoms with E-state index in [0.717, 1.165) is 38.8 Å². The van der Waals surface area contributed by atoms with Gasteiger partial charge in [0.05, 0.1) is 12.7 Å². The number of nitrogens with two attached hydrogens (primary N) is 1. The Hall–Kier alpha value is -3.57. The Bertz CT molecular complexity index is 1210. The normalized spacial score (nSPS) is 11.0. The lowest BCUT2D eigenvalue weighted by atomic mass is 9.93. The summed E-state index contributed by atoms with van der Waals surface area (Å²) in [5, 5.41) is 10.1. The molecule has 0 radical (unpaired) electrons. The van der Waals surface area contributed by atoms with Crippen molar-refractivity contribution < 1.29 is 19.1 Å². The van der Waals surface area contributed by atoms with Crippen molar-refractivity contribution in [2.75, 3.05) is 0 Å². The number of rotatable bonds is 7. The Morgan fingerprint density at radius 1 is 1.07 bits per heavy atom. The van der Waals surface area contributed by atoms with Gasteiger partial charge in [-0.15, -0.1) is 0 Å². The molecule has 0 bridgehead atoms. The zero-order chi connectivity index (χ0) is 21.1. The van der Waals surface area contributed by atoms with Gasteiger partial charge in [-0.3, -0.25) is 4.79 Å². The van der Waals surface area contributed by atoms with E-state index in [1.54, 1.807) is 18.4 Å². The molecule has 0 amide bonds. The predicted molar refractivity (Wildman–Crippen MR) is 116 cm³/mol. The SMILES string of the molecule is Cc1c(COc2ccccc2CC(=O)O)cc2ccoc2c1-c1cccc(CN)c1. The number of benzene rings is 3. The number of fused-ring (bicyclic) bond motifs is 1. The van der Waals surface area contributed by atoms with Gasteiger partial charge in [-0.1, -0.05) is 36.4 Å². The van der Waals surface area contributed by atoms with Gasteiger partial charge in [-0.2, -0.15) is 0 Å². The molecule has 152 valence electrons. The largest absolute Gasteiger partial charge is 0.489 e. The van der Waals surface area contributed by atoms with Crippen LogP contribution in [0.25, 0.3) is 22.1 Å². The standard InChI is InChI=1S/C25H23NO4/c1-16-21(15-30-22-8-3-2-6-18(22)13-23(27)28)12-20-9-10-29-25(20)24(16)19-7-4-5-17(11-19)14-26/h2-12H,13-15,26H2,1H3,(H,27,28). The number of furan rings is 1. The van der Waals surface area contributed by atoms with Gasteiger partial charge in [0.2, 0.25) is 0 Å². The lowest BCUT2D eigenvalue weighted by molar-refractivity contribution is -0.136. The molecular weight excluding hydrogens is 378 g/mol. The van der Waals surface area contributed by atoms with Crippen molar-refractivity contribution in [1.82, 2.24) is 0 Å². The molecular formula is C25H23NO4. The fourth-order valence-corrected chi connectivity index (χ4v) is 3.72. The molecule has 30 heavy (non-hydrogen) atoms. The lowest BCUT2D eigenvalue weighted by Gasteiger charge is -2.15. The summed E-state index contributed by atoms with van der Waals surface area (Å²) in [5.74, 6) is -0.303.